The predicted octanol–water partition coefficient (Wildman–Crippen LogP) is 2.47. The molecule has 2 heterocycles. The number of halogens is 1. The van der Waals surface area contributed by atoms with Crippen molar-refractivity contribution in [3.8, 4) is 0 Å². The number of carbonyl (C=O) groups is 3. The molecule has 2 aliphatic heterocycles. The van der Waals surface area contributed by atoms with Crippen molar-refractivity contribution < 1.29 is 19.1 Å². The van der Waals surface area contributed by atoms with E-state index in [1.807, 2.05) is 23.1 Å². The number of hydrogen-bond donors (Lipinski definition) is 0. The summed E-state index contributed by atoms with van der Waals surface area (Å²) in [5.41, 5.74) is 2.56. The molecule has 31 heavy (non-hydrogen) atoms. The fraction of sp³-hybridized carbons (Fsp3) is 0.348. The number of rotatable bonds is 6. The normalized spacial score (nSPS) is 16.1. The lowest BCUT2D eigenvalue weighted by atomic mass is 10.1. The number of piperazine rings is 1. The molecule has 0 aromatic heterocycles. The summed E-state index contributed by atoms with van der Waals surface area (Å²) in [6, 6.07) is 12.7. The molecule has 2 aliphatic rings. The van der Waals surface area contributed by atoms with E-state index >= 15 is 0 Å². The number of ether oxygens (including phenoxy) is 1. The number of methoxy groups -OCH3 is 1. The smallest absolute Gasteiger partial charge is 0.263 e. The molecule has 4 rings (SSSR count). The van der Waals surface area contributed by atoms with Gasteiger partial charge in [-0.1, -0.05) is 29.8 Å². The highest BCUT2D eigenvalue weighted by Crippen LogP contribution is 2.32. The van der Waals surface area contributed by atoms with E-state index < -0.39 is 0 Å². The van der Waals surface area contributed by atoms with Crippen LogP contribution in [-0.4, -0.2) is 74.0 Å². The van der Waals surface area contributed by atoms with E-state index in [2.05, 4.69) is 4.90 Å². The predicted molar refractivity (Wildman–Crippen MR) is 118 cm³/mol. The number of nitrogens with zero attached hydrogens (tertiary/aromatic N) is 3. The van der Waals surface area contributed by atoms with Crippen molar-refractivity contribution in [2.45, 2.75) is 6.42 Å². The molecule has 7 nitrogen and oxygen atoms in total. The Kier molecular flexibility index (Phi) is 6.25. The van der Waals surface area contributed by atoms with Crippen LogP contribution in [-0.2, 0) is 16.0 Å². The van der Waals surface area contributed by atoms with Crippen LogP contribution in [0.3, 0.4) is 0 Å². The molecular weight excluding hydrogens is 418 g/mol. The minimum atomic E-state index is -0.283. The SMILES string of the molecule is COCCN1C(=O)c2cccc(N3CCN(C(=O)Cc4ccc(Cl)cc4)CC3)c2C1=O. The lowest BCUT2D eigenvalue weighted by Crippen LogP contribution is -2.49. The van der Waals surface area contributed by atoms with Crippen LogP contribution in [0.2, 0.25) is 5.02 Å². The number of imide groups is 1. The highest BCUT2D eigenvalue weighted by molar-refractivity contribution is 6.30. The third-order valence-electron chi connectivity index (χ3n) is 5.74. The van der Waals surface area contributed by atoms with E-state index in [0.717, 1.165) is 11.3 Å². The van der Waals surface area contributed by atoms with Gasteiger partial charge in [0, 0.05) is 38.3 Å². The average molecular weight is 442 g/mol. The second kappa shape index (κ2) is 9.08. The van der Waals surface area contributed by atoms with Crippen molar-refractivity contribution >= 4 is 35.0 Å². The molecule has 0 saturated carbocycles. The van der Waals surface area contributed by atoms with Crippen molar-refractivity contribution in [3.63, 3.8) is 0 Å². The van der Waals surface area contributed by atoms with Crippen LogP contribution in [0.5, 0.6) is 0 Å². The topological polar surface area (TPSA) is 70.2 Å². The van der Waals surface area contributed by atoms with Gasteiger partial charge in [0.25, 0.3) is 11.8 Å². The van der Waals surface area contributed by atoms with Gasteiger partial charge in [-0.15, -0.1) is 0 Å². The first-order valence-electron chi connectivity index (χ1n) is 10.2. The quantitative estimate of drug-likeness (QED) is 0.644. The van der Waals surface area contributed by atoms with Crippen LogP contribution in [0.25, 0.3) is 0 Å². The van der Waals surface area contributed by atoms with E-state index in [1.54, 1.807) is 24.3 Å². The van der Waals surface area contributed by atoms with Crippen LogP contribution in [0.1, 0.15) is 26.3 Å². The second-order valence-electron chi connectivity index (χ2n) is 7.63. The summed E-state index contributed by atoms with van der Waals surface area (Å²) in [6.45, 7) is 2.85. The fourth-order valence-corrected chi connectivity index (χ4v) is 4.18. The molecule has 2 aromatic carbocycles. The summed E-state index contributed by atoms with van der Waals surface area (Å²) in [4.78, 5) is 43.4. The monoisotopic (exact) mass is 441 g/mol. The van der Waals surface area contributed by atoms with Gasteiger partial charge in [0.15, 0.2) is 0 Å². The Hall–Kier alpha value is -2.90. The number of amides is 3. The summed E-state index contributed by atoms with van der Waals surface area (Å²) in [7, 11) is 1.54. The number of hydrogen-bond acceptors (Lipinski definition) is 5. The zero-order valence-electron chi connectivity index (χ0n) is 17.3. The largest absolute Gasteiger partial charge is 0.383 e. The Morgan fingerprint density at radius 3 is 2.39 bits per heavy atom. The van der Waals surface area contributed by atoms with Gasteiger partial charge in [-0.2, -0.15) is 0 Å². The van der Waals surface area contributed by atoms with E-state index in [-0.39, 0.29) is 24.3 Å². The molecule has 0 N–H and O–H groups in total. The molecule has 0 unspecified atom stereocenters. The molecule has 162 valence electrons. The van der Waals surface area contributed by atoms with Gasteiger partial charge < -0.3 is 14.5 Å². The third-order valence-corrected chi connectivity index (χ3v) is 5.99. The lowest BCUT2D eigenvalue weighted by Gasteiger charge is -2.36. The number of benzene rings is 2. The Labute approximate surface area is 186 Å². The molecule has 3 amide bonds. The van der Waals surface area contributed by atoms with Crippen molar-refractivity contribution in [3.05, 3.63) is 64.2 Å². The lowest BCUT2D eigenvalue weighted by molar-refractivity contribution is -0.130. The first-order chi connectivity index (χ1) is 15.0. The molecule has 1 fully saturated rings. The van der Waals surface area contributed by atoms with Gasteiger partial charge in [-0.05, 0) is 29.8 Å². The van der Waals surface area contributed by atoms with Crippen molar-refractivity contribution in [1.82, 2.24) is 9.80 Å². The van der Waals surface area contributed by atoms with Gasteiger partial charge in [0.2, 0.25) is 5.91 Å². The maximum Gasteiger partial charge on any atom is 0.263 e. The maximum atomic E-state index is 12.9. The van der Waals surface area contributed by atoms with Crippen molar-refractivity contribution in [2.24, 2.45) is 0 Å². The van der Waals surface area contributed by atoms with Crippen LogP contribution in [0, 0.1) is 0 Å². The Morgan fingerprint density at radius 2 is 1.71 bits per heavy atom. The van der Waals surface area contributed by atoms with Gasteiger partial charge in [0.05, 0.1) is 36.4 Å². The second-order valence-corrected chi connectivity index (χ2v) is 8.06. The van der Waals surface area contributed by atoms with Gasteiger partial charge in [-0.3, -0.25) is 19.3 Å². The summed E-state index contributed by atoms with van der Waals surface area (Å²) in [5, 5.41) is 0.647. The van der Waals surface area contributed by atoms with E-state index in [9.17, 15) is 14.4 Å². The van der Waals surface area contributed by atoms with Crippen LogP contribution in [0.4, 0.5) is 5.69 Å². The first-order valence-corrected chi connectivity index (χ1v) is 10.6. The first kappa shape index (κ1) is 21.3. The van der Waals surface area contributed by atoms with Gasteiger partial charge in [-0.25, -0.2) is 0 Å². The zero-order valence-corrected chi connectivity index (χ0v) is 18.1. The van der Waals surface area contributed by atoms with Crippen LogP contribution >= 0.6 is 11.6 Å². The molecular formula is C23H24ClN3O4. The van der Waals surface area contributed by atoms with Crippen molar-refractivity contribution in [2.75, 3.05) is 51.3 Å². The molecule has 0 spiro atoms. The molecule has 0 atom stereocenters. The van der Waals surface area contributed by atoms with Crippen molar-refractivity contribution in [1.29, 1.82) is 0 Å². The average Bonchev–Trinajstić information content (AvgIpc) is 3.04. The minimum Gasteiger partial charge on any atom is -0.383 e. The number of carbonyl (C=O) groups excluding carboxylic acids is 3. The summed E-state index contributed by atoms with van der Waals surface area (Å²) >= 11 is 5.91. The van der Waals surface area contributed by atoms with Gasteiger partial charge in [0.1, 0.15) is 0 Å². The summed E-state index contributed by atoms with van der Waals surface area (Å²) in [6.07, 6.45) is 0.333. The summed E-state index contributed by atoms with van der Waals surface area (Å²) < 4.78 is 5.03. The Balaban J connectivity index is 1.43. The number of anilines is 1. The van der Waals surface area contributed by atoms with E-state index in [4.69, 9.17) is 16.3 Å². The van der Waals surface area contributed by atoms with E-state index in [0.29, 0.717) is 55.4 Å². The Morgan fingerprint density at radius 1 is 1.00 bits per heavy atom. The maximum absolute atomic E-state index is 12.9. The molecule has 8 heteroatoms. The van der Waals surface area contributed by atoms with Crippen LogP contribution in [0.15, 0.2) is 42.5 Å². The molecule has 1 saturated heterocycles. The Bertz CT molecular complexity index is 1000. The standard InChI is InChI=1S/C23H24ClN3O4/c1-31-14-13-27-22(29)18-3-2-4-19(21(18)23(27)30)25-9-11-26(12-10-25)20(28)15-16-5-7-17(24)8-6-16/h2-8H,9-15H2,1H3. The third kappa shape index (κ3) is 4.29. The van der Waals surface area contributed by atoms with E-state index in [1.165, 1.54) is 12.0 Å². The number of fused-ring (bicyclic) bond motifs is 1. The van der Waals surface area contributed by atoms with Crippen LogP contribution < -0.4 is 4.90 Å². The van der Waals surface area contributed by atoms with Gasteiger partial charge >= 0.3 is 0 Å². The molecule has 0 radical (unpaired) electrons. The highest BCUT2D eigenvalue weighted by atomic mass is 35.5. The highest BCUT2D eigenvalue weighted by Gasteiger charge is 2.38. The fourth-order valence-electron chi connectivity index (χ4n) is 4.05. The molecule has 0 aliphatic carbocycles. The molecule has 0 bridgehead atoms. The molecule has 2 aromatic rings. The zero-order chi connectivity index (χ0) is 22.0. The minimum absolute atomic E-state index is 0.0669. The summed E-state index contributed by atoms with van der Waals surface area (Å²) in [5.74, 6) is -0.498.